The molecule has 2 rings (SSSR count). The SMILES string of the molecule is Cc1cc(S(=O)(=O)N(C)C)cc(NCC(=O)NC(=O)NC2CCCC2)c1C. The van der Waals surface area contributed by atoms with Crippen LogP contribution in [-0.2, 0) is 14.8 Å². The summed E-state index contributed by atoms with van der Waals surface area (Å²) in [6, 6.07) is 2.74. The molecule has 1 saturated carbocycles. The van der Waals surface area contributed by atoms with Gasteiger partial charge in [0, 0.05) is 25.8 Å². The van der Waals surface area contributed by atoms with Gasteiger partial charge in [0.05, 0.1) is 11.4 Å². The summed E-state index contributed by atoms with van der Waals surface area (Å²) >= 11 is 0. The van der Waals surface area contributed by atoms with E-state index in [0.717, 1.165) is 41.1 Å². The van der Waals surface area contributed by atoms with Gasteiger partial charge in [-0.05, 0) is 49.9 Å². The van der Waals surface area contributed by atoms with Crippen molar-refractivity contribution in [1.82, 2.24) is 14.9 Å². The fourth-order valence-corrected chi connectivity index (χ4v) is 4.02. The molecule has 1 aliphatic carbocycles. The number of urea groups is 1. The Morgan fingerprint density at radius 3 is 2.37 bits per heavy atom. The van der Waals surface area contributed by atoms with Crippen molar-refractivity contribution in [3.05, 3.63) is 23.3 Å². The van der Waals surface area contributed by atoms with Crippen LogP contribution in [0, 0.1) is 13.8 Å². The van der Waals surface area contributed by atoms with Crippen molar-refractivity contribution in [3.8, 4) is 0 Å². The third-order valence-electron chi connectivity index (χ3n) is 4.80. The lowest BCUT2D eigenvalue weighted by Gasteiger charge is -2.17. The smallest absolute Gasteiger partial charge is 0.321 e. The number of amides is 3. The van der Waals surface area contributed by atoms with Crippen LogP contribution in [0.1, 0.15) is 36.8 Å². The third-order valence-corrected chi connectivity index (χ3v) is 6.60. The molecule has 0 saturated heterocycles. The Labute approximate surface area is 160 Å². The number of nitrogens with one attached hydrogen (secondary N) is 3. The highest BCUT2D eigenvalue weighted by atomic mass is 32.2. The molecule has 8 nitrogen and oxygen atoms in total. The van der Waals surface area contributed by atoms with Crippen LogP contribution < -0.4 is 16.0 Å². The van der Waals surface area contributed by atoms with Crippen molar-refractivity contribution in [2.24, 2.45) is 0 Å². The predicted octanol–water partition coefficient (Wildman–Crippen LogP) is 1.73. The van der Waals surface area contributed by atoms with E-state index in [2.05, 4.69) is 16.0 Å². The van der Waals surface area contributed by atoms with Crippen molar-refractivity contribution >= 4 is 27.6 Å². The summed E-state index contributed by atoms with van der Waals surface area (Å²) in [7, 11) is -0.648. The molecule has 3 N–H and O–H groups in total. The zero-order chi connectivity index (χ0) is 20.2. The highest BCUT2D eigenvalue weighted by Gasteiger charge is 2.20. The lowest BCUT2D eigenvalue weighted by atomic mass is 10.1. The van der Waals surface area contributed by atoms with E-state index in [-0.39, 0.29) is 17.5 Å². The Hall–Kier alpha value is -2.13. The number of aryl methyl sites for hydroxylation is 1. The number of hydrogen-bond acceptors (Lipinski definition) is 5. The van der Waals surface area contributed by atoms with Crippen LogP contribution in [0.15, 0.2) is 17.0 Å². The lowest BCUT2D eigenvalue weighted by molar-refractivity contribution is -0.118. The summed E-state index contributed by atoms with van der Waals surface area (Å²) < 4.78 is 25.9. The van der Waals surface area contributed by atoms with Crippen LogP contribution in [0.5, 0.6) is 0 Å². The summed E-state index contributed by atoms with van der Waals surface area (Å²) in [5, 5.41) is 8.01. The zero-order valence-corrected chi connectivity index (χ0v) is 17.1. The first kappa shape index (κ1) is 21.2. The molecule has 9 heteroatoms. The van der Waals surface area contributed by atoms with Crippen LogP contribution in [0.4, 0.5) is 10.5 Å². The van der Waals surface area contributed by atoms with Gasteiger partial charge in [-0.1, -0.05) is 12.8 Å². The molecule has 0 atom stereocenters. The van der Waals surface area contributed by atoms with Gasteiger partial charge >= 0.3 is 6.03 Å². The predicted molar refractivity (Wildman–Crippen MR) is 104 cm³/mol. The first-order valence-electron chi connectivity index (χ1n) is 8.99. The number of hydrogen-bond donors (Lipinski definition) is 3. The van der Waals surface area contributed by atoms with Crippen molar-refractivity contribution in [2.75, 3.05) is 26.0 Å². The molecular weight excluding hydrogens is 368 g/mol. The number of anilines is 1. The highest BCUT2D eigenvalue weighted by molar-refractivity contribution is 7.89. The van der Waals surface area contributed by atoms with E-state index in [9.17, 15) is 18.0 Å². The van der Waals surface area contributed by atoms with Crippen molar-refractivity contribution < 1.29 is 18.0 Å². The standard InChI is InChI=1S/C18H28N4O4S/c1-12-9-15(27(25,26)22(3)4)10-16(13(12)2)19-11-17(23)21-18(24)20-14-7-5-6-8-14/h9-10,14,19H,5-8,11H2,1-4H3,(H2,20,21,23,24). The maximum atomic E-state index is 12.4. The quantitative estimate of drug-likeness (QED) is 0.679. The molecule has 3 amide bonds. The molecule has 0 bridgehead atoms. The second-order valence-corrected chi connectivity index (χ2v) is 9.21. The molecule has 0 spiro atoms. The Kier molecular flexibility index (Phi) is 6.83. The second kappa shape index (κ2) is 8.71. The largest absolute Gasteiger partial charge is 0.376 e. The van der Waals surface area contributed by atoms with Gasteiger partial charge in [0.15, 0.2) is 0 Å². The molecule has 0 radical (unpaired) electrons. The second-order valence-electron chi connectivity index (χ2n) is 7.06. The van der Waals surface area contributed by atoms with Gasteiger partial charge < -0.3 is 10.6 Å². The number of carbonyl (C=O) groups is 2. The van der Waals surface area contributed by atoms with Gasteiger partial charge in [0.2, 0.25) is 15.9 Å². The monoisotopic (exact) mass is 396 g/mol. The molecule has 0 heterocycles. The van der Waals surface area contributed by atoms with Gasteiger partial charge in [-0.25, -0.2) is 17.5 Å². The topological polar surface area (TPSA) is 108 Å². The molecule has 1 aromatic rings. The van der Waals surface area contributed by atoms with Crippen LogP contribution in [0.2, 0.25) is 0 Å². The van der Waals surface area contributed by atoms with Crippen molar-refractivity contribution in [1.29, 1.82) is 0 Å². The zero-order valence-electron chi connectivity index (χ0n) is 16.3. The summed E-state index contributed by atoms with van der Waals surface area (Å²) in [5.41, 5.74) is 2.18. The Morgan fingerprint density at radius 1 is 1.15 bits per heavy atom. The Bertz CT molecular complexity index is 815. The molecular formula is C18H28N4O4S. The maximum absolute atomic E-state index is 12.4. The minimum atomic E-state index is -3.58. The van der Waals surface area contributed by atoms with Gasteiger partial charge in [-0.2, -0.15) is 0 Å². The average molecular weight is 397 g/mol. The molecule has 0 aliphatic heterocycles. The average Bonchev–Trinajstić information content (AvgIpc) is 3.08. The first-order valence-corrected chi connectivity index (χ1v) is 10.4. The summed E-state index contributed by atoms with van der Waals surface area (Å²) in [6.07, 6.45) is 4.05. The molecule has 1 aromatic carbocycles. The van der Waals surface area contributed by atoms with Gasteiger partial charge in [-0.3, -0.25) is 10.1 Å². The van der Waals surface area contributed by atoms with Gasteiger partial charge in [-0.15, -0.1) is 0 Å². The van der Waals surface area contributed by atoms with Crippen LogP contribution in [0.3, 0.4) is 0 Å². The van der Waals surface area contributed by atoms with Crippen LogP contribution >= 0.6 is 0 Å². The van der Waals surface area contributed by atoms with Gasteiger partial charge in [0.25, 0.3) is 0 Å². The molecule has 0 unspecified atom stereocenters. The van der Waals surface area contributed by atoms with E-state index < -0.39 is 22.0 Å². The number of nitrogens with zero attached hydrogens (tertiary/aromatic N) is 1. The van der Waals surface area contributed by atoms with E-state index in [4.69, 9.17) is 0 Å². The highest BCUT2D eigenvalue weighted by Crippen LogP contribution is 2.25. The maximum Gasteiger partial charge on any atom is 0.321 e. The Balaban J connectivity index is 2.01. The summed E-state index contributed by atoms with van der Waals surface area (Å²) in [4.78, 5) is 24.0. The minimum absolute atomic E-state index is 0.128. The number of rotatable bonds is 6. The molecule has 150 valence electrons. The van der Waals surface area contributed by atoms with E-state index in [1.165, 1.54) is 20.2 Å². The third kappa shape index (κ3) is 5.43. The van der Waals surface area contributed by atoms with Crippen LogP contribution in [0.25, 0.3) is 0 Å². The minimum Gasteiger partial charge on any atom is -0.376 e. The molecule has 27 heavy (non-hydrogen) atoms. The molecule has 1 aliphatic rings. The van der Waals surface area contributed by atoms with Gasteiger partial charge in [0.1, 0.15) is 0 Å². The fraction of sp³-hybridized carbons (Fsp3) is 0.556. The molecule has 0 aromatic heterocycles. The van der Waals surface area contributed by atoms with Crippen molar-refractivity contribution in [2.45, 2.75) is 50.5 Å². The van der Waals surface area contributed by atoms with E-state index in [1.807, 2.05) is 13.8 Å². The number of sulfonamides is 1. The Morgan fingerprint density at radius 2 is 1.78 bits per heavy atom. The van der Waals surface area contributed by atoms with E-state index in [1.54, 1.807) is 6.07 Å². The fourth-order valence-electron chi connectivity index (χ4n) is 3.01. The summed E-state index contributed by atoms with van der Waals surface area (Å²) in [5.74, 6) is -0.483. The first-order chi connectivity index (χ1) is 12.6. The van der Waals surface area contributed by atoms with E-state index >= 15 is 0 Å². The van der Waals surface area contributed by atoms with E-state index in [0.29, 0.717) is 5.69 Å². The molecule has 1 fully saturated rings. The van der Waals surface area contributed by atoms with Crippen molar-refractivity contribution in [3.63, 3.8) is 0 Å². The number of benzene rings is 1. The lowest BCUT2D eigenvalue weighted by Crippen LogP contribution is -2.45. The normalized spacial score (nSPS) is 15.0. The number of imide groups is 1. The number of carbonyl (C=O) groups excluding carboxylic acids is 2. The summed E-state index contributed by atoms with van der Waals surface area (Å²) in [6.45, 7) is 3.52. The van der Waals surface area contributed by atoms with Crippen LogP contribution in [-0.4, -0.2) is 51.3 Å².